The average Bonchev–Trinajstić information content (AvgIpc) is 2.84. The second-order valence-electron chi connectivity index (χ2n) is 6.21. The number of rotatable bonds is 5. The Bertz CT molecular complexity index is 743. The summed E-state index contributed by atoms with van der Waals surface area (Å²) in [5.74, 6) is -1.21. The molecular weight excluding hydrogens is 319 g/mol. The van der Waals surface area contributed by atoms with Crippen LogP contribution in [0.2, 0.25) is 0 Å². The van der Waals surface area contributed by atoms with Crippen molar-refractivity contribution in [3.63, 3.8) is 0 Å². The summed E-state index contributed by atoms with van der Waals surface area (Å²) in [6, 6.07) is 4.66. The number of Topliss-reactive ketones (excluding diaryl/α,β-unsaturated/α-hetero) is 1. The average molecular weight is 338 g/mol. The molecule has 1 aromatic heterocycles. The lowest BCUT2D eigenvalue weighted by Gasteiger charge is -2.16. The maximum Gasteiger partial charge on any atom is 0.349 e. The summed E-state index contributed by atoms with van der Waals surface area (Å²) in [5, 5.41) is 0.369. The van der Waals surface area contributed by atoms with E-state index in [1.165, 1.54) is 13.2 Å². The molecule has 0 amide bonds. The van der Waals surface area contributed by atoms with Crippen LogP contribution in [0.5, 0.6) is 0 Å². The van der Waals surface area contributed by atoms with Gasteiger partial charge in [0.15, 0.2) is 12.4 Å². The van der Waals surface area contributed by atoms with Gasteiger partial charge in [-0.15, -0.1) is 11.3 Å². The molecule has 124 valence electrons. The van der Waals surface area contributed by atoms with E-state index in [1.54, 1.807) is 32.9 Å². The lowest BCUT2D eigenvalue weighted by molar-refractivity contribution is -0.129. The normalized spacial score (nSPS) is 11.7. The number of halogens is 1. The van der Waals surface area contributed by atoms with Gasteiger partial charge in [0.1, 0.15) is 10.7 Å². The van der Waals surface area contributed by atoms with Crippen LogP contribution < -0.4 is 0 Å². The van der Waals surface area contributed by atoms with E-state index in [2.05, 4.69) is 0 Å². The van der Waals surface area contributed by atoms with Crippen molar-refractivity contribution in [1.82, 2.24) is 0 Å². The van der Waals surface area contributed by atoms with Gasteiger partial charge in [-0.05, 0) is 12.1 Å². The number of methoxy groups -OCH3 is 1. The van der Waals surface area contributed by atoms with E-state index in [-0.39, 0.29) is 23.9 Å². The molecule has 1 heterocycles. The minimum absolute atomic E-state index is 0.0958. The molecule has 1 aromatic carbocycles. The van der Waals surface area contributed by atoms with Crippen molar-refractivity contribution in [3.8, 4) is 0 Å². The van der Waals surface area contributed by atoms with Crippen molar-refractivity contribution < 1.29 is 23.5 Å². The highest BCUT2D eigenvalue weighted by atomic mass is 32.1. The Kier molecular flexibility index (Phi) is 5.16. The molecule has 0 atom stereocenters. The second kappa shape index (κ2) is 6.76. The fourth-order valence-electron chi connectivity index (χ4n) is 2.03. The number of ether oxygens (including phenoxy) is 2. The summed E-state index contributed by atoms with van der Waals surface area (Å²) < 4.78 is 24.9. The molecule has 0 radical (unpaired) electrons. The molecule has 0 bridgehead atoms. The van der Waals surface area contributed by atoms with Gasteiger partial charge in [-0.2, -0.15) is 0 Å². The molecule has 23 heavy (non-hydrogen) atoms. The van der Waals surface area contributed by atoms with Gasteiger partial charge in [0.25, 0.3) is 0 Å². The maximum atomic E-state index is 14.1. The molecule has 0 fully saturated rings. The van der Waals surface area contributed by atoms with Crippen LogP contribution in [0.3, 0.4) is 0 Å². The Morgan fingerprint density at radius 3 is 2.57 bits per heavy atom. The van der Waals surface area contributed by atoms with Crippen LogP contribution >= 0.6 is 11.3 Å². The standard InChI is InChI=1S/C17H19FO4S/c1-17(2,3)13(19)9-22-16(20)15-10(8-21-4)14-11(18)6-5-7-12(14)23-15/h5-7H,8-9H2,1-4H3. The molecule has 0 saturated heterocycles. The van der Waals surface area contributed by atoms with Crippen LogP contribution in [0.4, 0.5) is 4.39 Å². The van der Waals surface area contributed by atoms with E-state index in [9.17, 15) is 14.0 Å². The number of thiophene rings is 1. The molecule has 0 N–H and O–H groups in total. The number of hydrogen-bond donors (Lipinski definition) is 0. The van der Waals surface area contributed by atoms with Gasteiger partial charge in [-0.25, -0.2) is 9.18 Å². The molecular formula is C17H19FO4S. The highest BCUT2D eigenvalue weighted by Gasteiger charge is 2.25. The Morgan fingerprint density at radius 2 is 1.96 bits per heavy atom. The van der Waals surface area contributed by atoms with Gasteiger partial charge in [0.2, 0.25) is 0 Å². The van der Waals surface area contributed by atoms with Crippen molar-refractivity contribution in [2.45, 2.75) is 27.4 Å². The third kappa shape index (κ3) is 3.76. The summed E-state index contributed by atoms with van der Waals surface area (Å²) in [5.41, 5.74) is -0.124. The minimum atomic E-state index is -0.629. The Labute approximate surface area is 138 Å². The zero-order valence-electron chi connectivity index (χ0n) is 13.6. The van der Waals surface area contributed by atoms with Crippen LogP contribution in [0, 0.1) is 11.2 Å². The Balaban J connectivity index is 2.31. The first-order chi connectivity index (χ1) is 10.8. The van der Waals surface area contributed by atoms with Crippen LogP contribution in [0.15, 0.2) is 18.2 Å². The maximum absolute atomic E-state index is 14.1. The van der Waals surface area contributed by atoms with Gasteiger partial charge in [0, 0.05) is 28.2 Å². The van der Waals surface area contributed by atoms with Gasteiger partial charge in [0.05, 0.1) is 6.61 Å². The van der Waals surface area contributed by atoms with Crippen LogP contribution in [-0.2, 0) is 20.9 Å². The fraction of sp³-hybridized carbons (Fsp3) is 0.412. The number of carbonyl (C=O) groups excluding carboxylic acids is 2. The first-order valence-corrected chi connectivity index (χ1v) is 7.96. The van der Waals surface area contributed by atoms with Crippen LogP contribution in [0.25, 0.3) is 10.1 Å². The minimum Gasteiger partial charge on any atom is -0.453 e. The Morgan fingerprint density at radius 1 is 1.26 bits per heavy atom. The predicted octanol–water partition coefficient (Wildman–Crippen LogP) is 3.96. The first kappa shape index (κ1) is 17.6. The topological polar surface area (TPSA) is 52.6 Å². The summed E-state index contributed by atoms with van der Waals surface area (Å²) in [6.45, 7) is 5.07. The third-order valence-corrected chi connectivity index (χ3v) is 4.59. The lowest BCUT2D eigenvalue weighted by atomic mass is 9.91. The van der Waals surface area contributed by atoms with E-state index >= 15 is 0 Å². The SMILES string of the molecule is COCc1c(C(=O)OCC(=O)C(C)(C)C)sc2cccc(F)c12. The number of hydrogen-bond acceptors (Lipinski definition) is 5. The number of carbonyl (C=O) groups is 2. The van der Waals surface area contributed by atoms with Gasteiger partial charge in [-0.3, -0.25) is 4.79 Å². The van der Waals surface area contributed by atoms with Crippen molar-refractivity contribution in [2.24, 2.45) is 5.41 Å². The molecule has 0 aliphatic heterocycles. The molecule has 0 spiro atoms. The largest absolute Gasteiger partial charge is 0.453 e. The number of esters is 1. The zero-order valence-corrected chi connectivity index (χ0v) is 14.4. The van der Waals surface area contributed by atoms with Gasteiger partial charge >= 0.3 is 5.97 Å². The number of fused-ring (bicyclic) bond motifs is 1. The molecule has 0 aliphatic carbocycles. The predicted molar refractivity (Wildman–Crippen MR) is 87.2 cm³/mol. The van der Waals surface area contributed by atoms with Crippen molar-refractivity contribution in [3.05, 3.63) is 34.5 Å². The molecule has 0 saturated carbocycles. The number of ketones is 1. The third-order valence-electron chi connectivity index (χ3n) is 3.41. The smallest absolute Gasteiger partial charge is 0.349 e. The second-order valence-corrected chi connectivity index (χ2v) is 7.26. The highest BCUT2D eigenvalue weighted by Crippen LogP contribution is 2.34. The van der Waals surface area contributed by atoms with Crippen LogP contribution in [-0.4, -0.2) is 25.5 Å². The zero-order chi connectivity index (χ0) is 17.2. The lowest BCUT2D eigenvalue weighted by Crippen LogP contribution is -2.26. The first-order valence-electron chi connectivity index (χ1n) is 7.15. The van der Waals surface area contributed by atoms with Gasteiger partial charge < -0.3 is 9.47 Å². The van der Waals surface area contributed by atoms with E-state index in [4.69, 9.17) is 9.47 Å². The molecule has 2 aromatic rings. The fourth-order valence-corrected chi connectivity index (χ4v) is 3.14. The van der Waals surface area contributed by atoms with E-state index in [0.29, 0.717) is 15.6 Å². The molecule has 0 aliphatic rings. The van der Waals surface area contributed by atoms with Crippen molar-refractivity contribution in [1.29, 1.82) is 0 Å². The summed E-state index contributed by atoms with van der Waals surface area (Å²) in [7, 11) is 1.47. The number of benzene rings is 1. The van der Waals surface area contributed by atoms with E-state index in [0.717, 1.165) is 11.3 Å². The van der Waals surface area contributed by atoms with Crippen molar-refractivity contribution in [2.75, 3.05) is 13.7 Å². The molecule has 6 heteroatoms. The van der Waals surface area contributed by atoms with E-state index < -0.39 is 17.2 Å². The van der Waals surface area contributed by atoms with E-state index in [1.807, 2.05) is 0 Å². The molecule has 0 unspecified atom stereocenters. The van der Waals surface area contributed by atoms with Gasteiger partial charge in [-0.1, -0.05) is 26.8 Å². The summed E-state index contributed by atoms with van der Waals surface area (Å²) >= 11 is 1.14. The van der Waals surface area contributed by atoms with Crippen LogP contribution in [0.1, 0.15) is 36.0 Å². The quantitative estimate of drug-likeness (QED) is 0.775. The Hall–Kier alpha value is -1.79. The van der Waals surface area contributed by atoms with Crippen molar-refractivity contribution >= 4 is 33.2 Å². The highest BCUT2D eigenvalue weighted by molar-refractivity contribution is 7.21. The summed E-state index contributed by atoms with van der Waals surface area (Å²) in [4.78, 5) is 24.5. The monoisotopic (exact) mass is 338 g/mol. The molecule has 2 rings (SSSR count). The molecule has 4 nitrogen and oxygen atoms in total. The summed E-state index contributed by atoms with van der Waals surface area (Å²) in [6.07, 6.45) is 0.